The minimum Gasteiger partial charge on any atom is -0.481 e. The van der Waals surface area contributed by atoms with Crippen molar-refractivity contribution in [2.24, 2.45) is 0 Å². The standard InChI is InChI=1S/C28H29N5O4/c1-2-3-6-23(31-22-14-12-20(13-15-22)26(36)30-18-16-25(34)35)19-8-10-21(11-9-19)27-32-33-28(37-27)24-7-4-5-17-29-24/h4-5,7-15,17,23,31H,2-3,6,16,18H2,1H3,(H,30,36)(H,34,35). The van der Waals surface area contributed by atoms with Crippen molar-refractivity contribution >= 4 is 17.6 Å². The number of unbranched alkanes of at least 4 members (excludes halogenated alkanes) is 1. The maximum atomic E-state index is 12.2. The Morgan fingerprint density at radius 1 is 0.973 bits per heavy atom. The Kier molecular flexibility index (Phi) is 8.59. The number of amides is 1. The second kappa shape index (κ2) is 12.4. The van der Waals surface area contributed by atoms with Gasteiger partial charge in [-0.3, -0.25) is 14.6 Å². The summed E-state index contributed by atoms with van der Waals surface area (Å²) in [6, 6.07) is 20.8. The van der Waals surface area contributed by atoms with Gasteiger partial charge < -0.3 is 20.2 Å². The molecule has 0 spiro atoms. The van der Waals surface area contributed by atoms with Crippen molar-refractivity contribution in [1.29, 1.82) is 0 Å². The van der Waals surface area contributed by atoms with Gasteiger partial charge in [0.25, 0.3) is 11.8 Å². The first kappa shape index (κ1) is 25.6. The number of pyridine rings is 1. The summed E-state index contributed by atoms with van der Waals surface area (Å²) in [6.45, 7) is 2.25. The lowest BCUT2D eigenvalue weighted by atomic mass is 9.99. The van der Waals surface area contributed by atoms with Gasteiger partial charge in [-0.1, -0.05) is 38.0 Å². The fourth-order valence-electron chi connectivity index (χ4n) is 3.83. The van der Waals surface area contributed by atoms with Crippen LogP contribution in [0.1, 0.15) is 54.6 Å². The number of aliphatic carboxylic acids is 1. The van der Waals surface area contributed by atoms with E-state index in [0.29, 0.717) is 23.0 Å². The lowest BCUT2D eigenvalue weighted by Crippen LogP contribution is -2.25. The number of nitrogens with zero attached hydrogens (tertiary/aromatic N) is 3. The lowest BCUT2D eigenvalue weighted by molar-refractivity contribution is -0.136. The van der Waals surface area contributed by atoms with Gasteiger partial charge in [0.1, 0.15) is 5.69 Å². The van der Waals surface area contributed by atoms with Crippen LogP contribution in [0, 0.1) is 0 Å². The highest BCUT2D eigenvalue weighted by Gasteiger charge is 2.15. The molecular formula is C28H29N5O4. The summed E-state index contributed by atoms with van der Waals surface area (Å²) in [5.74, 6) is -0.431. The largest absolute Gasteiger partial charge is 0.481 e. The number of carbonyl (C=O) groups excluding carboxylic acids is 1. The number of benzene rings is 2. The van der Waals surface area contributed by atoms with Gasteiger partial charge in [-0.05, 0) is 60.5 Å². The van der Waals surface area contributed by atoms with Crippen LogP contribution in [0.5, 0.6) is 0 Å². The highest BCUT2D eigenvalue weighted by atomic mass is 16.4. The van der Waals surface area contributed by atoms with E-state index in [0.717, 1.165) is 36.1 Å². The van der Waals surface area contributed by atoms with Gasteiger partial charge in [0.2, 0.25) is 5.89 Å². The average molecular weight is 500 g/mol. The molecule has 37 heavy (non-hydrogen) atoms. The Morgan fingerprint density at radius 2 is 1.73 bits per heavy atom. The Morgan fingerprint density at radius 3 is 2.41 bits per heavy atom. The molecule has 0 saturated carbocycles. The second-order valence-corrected chi connectivity index (χ2v) is 8.57. The molecule has 0 radical (unpaired) electrons. The Labute approximate surface area is 215 Å². The Balaban J connectivity index is 1.43. The smallest absolute Gasteiger partial charge is 0.305 e. The molecule has 0 aliphatic carbocycles. The minimum atomic E-state index is -0.947. The molecule has 2 aromatic heterocycles. The number of carboxylic acid groups (broad SMARTS) is 1. The summed E-state index contributed by atoms with van der Waals surface area (Å²) in [4.78, 5) is 27.1. The van der Waals surface area contributed by atoms with Crippen LogP contribution in [0.3, 0.4) is 0 Å². The van der Waals surface area contributed by atoms with Gasteiger partial charge in [-0.25, -0.2) is 0 Å². The van der Waals surface area contributed by atoms with Gasteiger partial charge in [0, 0.05) is 29.6 Å². The quantitative estimate of drug-likeness (QED) is 0.238. The number of anilines is 1. The van der Waals surface area contributed by atoms with E-state index in [1.165, 1.54) is 0 Å². The van der Waals surface area contributed by atoms with Gasteiger partial charge in [0.05, 0.1) is 12.5 Å². The molecule has 0 aliphatic heterocycles. The van der Waals surface area contributed by atoms with Gasteiger partial charge in [-0.2, -0.15) is 0 Å². The SMILES string of the molecule is CCCCC(Nc1ccc(C(=O)NCCC(=O)O)cc1)c1ccc(-c2nnc(-c3ccccn3)o2)cc1. The van der Waals surface area contributed by atoms with E-state index in [-0.39, 0.29) is 24.9 Å². The van der Waals surface area contributed by atoms with E-state index < -0.39 is 5.97 Å². The van der Waals surface area contributed by atoms with Crippen molar-refractivity contribution in [3.8, 4) is 23.0 Å². The van der Waals surface area contributed by atoms with Crippen LogP contribution in [-0.4, -0.2) is 38.7 Å². The highest BCUT2D eigenvalue weighted by Crippen LogP contribution is 2.28. The number of hydrogen-bond acceptors (Lipinski definition) is 7. The first-order chi connectivity index (χ1) is 18.0. The zero-order valence-electron chi connectivity index (χ0n) is 20.6. The Bertz CT molecular complexity index is 1300. The fourth-order valence-corrected chi connectivity index (χ4v) is 3.83. The molecular weight excluding hydrogens is 470 g/mol. The number of nitrogens with one attached hydrogen (secondary N) is 2. The molecule has 1 amide bonds. The summed E-state index contributed by atoms with van der Waals surface area (Å²) in [5, 5.41) is 23.2. The molecule has 1 unspecified atom stereocenters. The van der Waals surface area contributed by atoms with Crippen molar-refractivity contribution in [3.63, 3.8) is 0 Å². The van der Waals surface area contributed by atoms with Crippen LogP contribution < -0.4 is 10.6 Å². The molecule has 2 aromatic carbocycles. The lowest BCUT2D eigenvalue weighted by Gasteiger charge is -2.21. The third kappa shape index (κ3) is 7.00. The van der Waals surface area contributed by atoms with E-state index in [1.54, 1.807) is 18.3 Å². The minimum absolute atomic E-state index is 0.0796. The van der Waals surface area contributed by atoms with Gasteiger partial charge in [0.15, 0.2) is 0 Å². The van der Waals surface area contributed by atoms with Crippen LogP contribution in [0.4, 0.5) is 5.69 Å². The summed E-state index contributed by atoms with van der Waals surface area (Å²) in [7, 11) is 0. The molecule has 3 N–H and O–H groups in total. The molecule has 0 fully saturated rings. The van der Waals surface area contributed by atoms with Crippen LogP contribution in [0.25, 0.3) is 23.0 Å². The maximum Gasteiger partial charge on any atom is 0.305 e. The van der Waals surface area contributed by atoms with Crippen molar-refractivity contribution < 1.29 is 19.1 Å². The third-order valence-electron chi connectivity index (χ3n) is 5.83. The number of hydrogen-bond donors (Lipinski definition) is 3. The van der Waals surface area contributed by atoms with Crippen LogP contribution in [-0.2, 0) is 4.79 Å². The number of carboxylic acids is 1. The first-order valence-corrected chi connectivity index (χ1v) is 12.3. The summed E-state index contributed by atoms with van der Waals surface area (Å²) >= 11 is 0. The molecule has 0 saturated heterocycles. The number of carbonyl (C=O) groups is 2. The van der Waals surface area contributed by atoms with E-state index in [4.69, 9.17) is 9.52 Å². The molecule has 0 aliphatic rings. The molecule has 9 heteroatoms. The Hall–Kier alpha value is -4.53. The van der Waals surface area contributed by atoms with Gasteiger partial charge in [-0.15, -0.1) is 10.2 Å². The first-order valence-electron chi connectivity index (χ1n) is 12.3. The molecule has 190 valence electrons. The summed E-state index contributed by atoms with van der Waals surface area (Å²) < 4.78 is 5.82. The van der Waals surface area contributed by atoms with E-state index in [2.05, 4.69) is 44.9 Å². The zero-order chi connectivity index (χ0) is 26.0. The molecule has 0 bridgehead atoms. The normalized spacial score (nSPS) is 11.6. The molecule has 1 atom stereocenters. The van der Waals surface area contributed by atoms with E-state index in [1.807, 2.05) is 42.5 Å². The zero-order valence-corrected chi connectivity index (χ0v) is 20.6. The molecule has 4 rings (SSSR count). The maximum absolute atomic E-state index is 12.2. The summed E-state index contributed by atoms with van der Waals surface area (Å²) in [6.07, 6.45) is 4.64. The van der Waals surface area contributed by atoms with Crippen LogP contribution in [0.15, 0.2) is 77.3 Å². The van der Waals surface area contributed by atoms with Crippen LogP contribution in [0.2, 0.25) is 0 Å². The predicted molar refractivity (Wildman–Crippen MR) is 140 cm³/mol. The molecule has 9 nitrogen and oxygen atoms in total. The highest BCUT2D eigenvalue weighted by molar-refractivity contribution is 5.94. The number of aromatic nitrogens is 3. The molecule has 2 heterocycles. The van der Waals surface area contributed by atoms with Crippen molar-refractivity contribution in [2.75, 3.05) is 11.9 Å². The van der Waals surface area contributed by atoms with E-state index in [9.17, 15) is 9.59 Å². The van der Waals surface area contributed by atoms with Gasteiger partial charge >= 0.3 is 5.97 Å². The van der Waals surface area contributed by atoms with E-state index >= 15 is 0 Å². The van der Waals surface area contributed by atoms with Crippen molar-refractivity contribution in [2.45, 2.75) is 38.6 Å². The summed E-state index contributed by atoms with van der Waals surface area (Å²) in [5.41, 5.74) is 3.95. The third-order valence-corrected chi connectivity index (χ3v) is 5.83. The van der Waals surface area contributed by atoms with Crippen LogP contribution >= 0.6 is 0 Å². The number of rotatable bonds is 12. The fraction of sp³-hybridized carbons (Fsp3) is 0.250. The topological polar surface area (TPSA) is 130 Å². The monoisotopic (exact) mass is 499 g/mol. The van der Waals surface area contributed by atoms with Crippen molar-refractivity contribution in [3.05, 3.63) is 84.1 Å². The second-order valence-electron chi connectivity index (χ2n) is 8.57. The van der Waals surface area contributed by atoms with Crippen molar-refractivity contribution in [1.82, 2.24) is 20.5 Å². The average Bonchev–Trinajstić information content (AvgIpc) is 3.42. The molecule has 4 aromatic rings. The predicted octanol–water partition coefficient (Wildman–Crippen LogP) is 5.35.